The normalized spacial score (nSPS) is 13.8. The van der Waals surface area contributed by atoms with Gasteiger partial charge in [0.1, 0.15) is 5.75 Å². The quantitative estimate of drug-likeness (QED) is 0.839. The zero-order valence-corrected chi connectivity index (χ0v) is 13.9. The van der Waals surface area contributed by atoms with Crippen LogP contribution in [-0.2, 0) is 0 Å². The lowest BCUT2D eigenvalue weighted by Gasteiger charge is -2.23. The number of rotatable bonds is 5. The standard InChI is InChI=1S/C16H17BrClNO2/c1-21-12-5-2-10(3-6-12)14(9-19)16(20)13-8-11(18)4-7-15(13)17/h2-8,14,16,20H,9,19H2,1H3. The highest BCUT2D eigenvalue weighted by Gasteiger charge is 2.23. The fraction of sp³-hybridized carbons (Fsp3) is 0.250. The third-order valence-electron chi connectivity index (χ3n) is 3.46. The smallest absolute Gasteiger partial charge is 0.118 e. The van der Waals surface area contributed by atoms with Crippen molar-refractivity contribution in [3.8, 4) is 5.75 Å². The van der Waals surface area contributed by atoms with E-state index in [0.29, 0.717) is 11.6 Å². The first-order valence-corrected chi connectivity index (χ1v) is 7.71. The lowest BCUT2D eigenvalue weighted by Crippen LogP contribution is -2.20. The van der Waals surface area contributed by atoms with Crippen LogP contribution in [0.4, 0.5) is 0 Å². The first kappa shape index (κ1) is 16.3. The Labute approximate surface area is 137 Å². The third-order valence-corrected chi connectivity index (χ3v) is 4.41. The summed E-state index contributed by atoms with van der Waals surface area (Å²) in [6.07, 6.45) is -0.739. The Morgan fingerprint density at radius 2 is 1.90 bits per heavy atom. The summed E-state index contributed by atoms with van der Waals surface area (Å²) in [6, 6.07) is 12.9. The van der Waals surface area contributed by atoms with Crippen LogP contribution in [0.3, 0.4) is 0 Å². The highest BCUT2D eigenvalue weighted by molar-refractivity contribution is 9.10. The van der Waals surface area contributed by atoms with Crippen LogP contribution in [0.2, 0.25) is 5.02 Å². The van der Waals surface area contributed by atoms with Gasteiger partial charge in [0.2, 0.25) is 0 Å². The molecule has 0 amide bonds. The van der Waals surface area contributed by atoms with Crippen LogP contribution in [0.15, 0.2) is 46.9 Å². The maximum Gasteiger partial charge on any atom is 0.118 e. The minimum Gasteiger partial charge on any atom is -0.497 e. The van der Waals surface area contributed by atoms with E-state index in [9.17, 15) is 5.11 Å². The molecule has 2 unspecified atom stereocenters. The molecule has 5 heteroatoms. The SMILES string of the molecule is COc1ccc(C(CN)C(O)c2cc(Cl)ccc2Br)cc1. The van der Waals surface area contributed by atoms with Crippen molar-refractivity contribution in [2.24, 2.45) is 5.73 Å². The summed E-state index contributed by atoms with van der Waals surface area (Å²) in [7, 11) is 1.62. The minimum atomic E-state index is -0.739. The number of methoxy groups -OCH3 is 1. The number of aliphatic hydroxyl groups is 1. The molecule has 3 N–H and O–H groups in total. The fourth-order valence-corrected chi connectivity index (χ4v) is 2.92. The van der Waals surface area contributed by atoms with Crippen LogP contribution < -0.4 is 10.5 Å². The first-order valence-electron chi connectivity index (χ1n) is 6.54. The molecule has 0 heterocycles. The highest BCUT2D eigenvalue weighted by atomic mass is 79.9. The van der Waals surface area contributed by atoms with Gasteiger partial charge < -0.3 is 15.6 Å². The van der Waals surface area contributed by atoms with E-state index in [2.05, 4.69) is 15.9 Å². The van der Waals surface area contributed by atoms with Gasteiger partial charge in [-0.1, -0.05) is 39.7 Å². The Morgan fingerprint density at radius 3 is 2.48 bits per heavy atom. The lowest BCUT2D eigenvalue weighted by atomic mass is 9.89. The summed E-state index contributed by atoms with van der Waals surface area (Å²) in [4.78, 5) is 0. The Hall–Kier alpha value is -1.07. The van der Waals surface area contributed by atoms with Crippen LogP contribution in [-0.4, -0.2) is 18.8 Å². The summed E-state index contributed by atoms with van der Waals surface area (Å²) in [5, 5.41) is 11.2. The van der Waals surface area contributed by atoms with Gasteiger partial charge in [-0.15, -0.1) is 0 Å². The van der Waals surface area contributed by atoms with Crippen LogP contribution in [0.1, 0.15) is 23.1 Å². The largest absolute Gasteiger partial charge is 0.497 e. The van der Waals surface area contributed by atoms with Gasteiger partial charge in [0.25, 0.3) is 0 Å². The van der Waals surface area contributed by atoms with Crippen molar-refractivity contribution in [2.75, 3.05) is 13.7 Å². The van der Waals surface area contributed by atoms with Crippen molar-refractivity contribution >= 4 is 27.5 Å². The molecule has 0 fully saturated rings. The van der Waals surface area contributed by atoms with E-state index in [1.165, 1.54) is 0 Å². The zero-order chi connectivity index (χ0) is 15.4. The predicted molar refractivity (Wildman–Crippen MR) is 88.9 cm³/mol. The second-order valence-corrected chi connectivity index (χ2v) is 6.02. The molecular weight excluding hydrogens is 354 g/mol. The Morgan fingerprint density at radius 1 is 1.24 bits per heavy atom. The summed E-state index contributed by atoms with van der Waals surface area (Å²) in [6.45, 7) is 0.326. The van der Waals surface area contributed by atoms with E-state index in [-0.39, 0.29) is 5.92 Å². The fourth-order valence-electron chi connectivity index (χ4n) is 2.26. The molecule has 0 spiro atoms. The molecule has 2 rings (SSSR count). The van der Waals surface area contributed by atoms with E-state index in [4.69, 9.17) is 22.1 Å². The van der Waals surface area contributed by atoms with Gasteiger partial charge in [0.05, 0.1) is 13.2 Å². The summed E-state index contributed by atoms with van der Waals surface area (Å²) < 4.78 is 5.96. The topological polar surface area (TPSA) is 55.5 Å². The average Bonchev–Trinajstić information content (AvgIpc) is 2.51. The minimum absolute atomic E-state index is 0.217. The van der Waals surface area contributed by atoms with E-state index >= 15 is 0 Å². The van der Waals surface area contributed by atoms with Crippen molar-refractivity contribution < 1.29 is 9.84 Å². The molecule has 3 nitrogen and oxygen atoms in total. The molecule has 0 saturated heterocycles. The summed E-state index contributed by atoms with van der Waals surface area (Å²) >= 11 is 9.46. The van der Waals surface area contributed by atoms with Crippen molar-refractivity contribution in [1.82, 2.24) is 0 Å². The van der Waals surface area contributed by atoms with E-state index < -0.39 is 6.10 Å². The Bertz CT molecular complexity index is 604. The van der Waals surface area contributed by atoms with Gasteiger partial charge in [-0.05, 0) is 41.5 Å². The van der Waals surface area contributed by atoms with E-state index in [1.54, 1.807) is 19.2 Å². The van der Waals surface area contributed by atoms with Crippen molar-refractivity contribution in [2.45, 2.75) is 12.0 Å². The van der Waals surface area contributed by atoms with E-state index in [0.717, 1.165) is 21.3 Å². The number of hydrogen-bond acceptors (Lipinski definition) is 3. The molecule has 0 radical (unpaired) electrons. The number of halogens is 2. The van der Waals surface area contributed by atoms with E-state index in [1.807, 2.05) is 30.3 Å². The number of hydrogen-bond donors (Lipinski definition) is 2. The molecule has 0 aliphatic heterocycles. The van der Waals surface area contributed by atoms with Gasteiger partial charge in [0.15, 0.2) is 0 Å². The molecule has 112 valence electrons. The second-order valence-electron chi connectivity index (χ2n) is 4.73. The number of benzene rings is 2. The number of nitrogens with two attached hydrogens (primary N) is 1. The first-order chi connectivity index (χ1) is 10.1. The summed E-state index contributed by atoms with van der Waals surface area (Å²) in [5.74, 6) is 0.554. The molecule has 21 heavy (non-hydrogen) atoms. The average molecular weight is 371 g/mol. The molecular formula is C16H17BrClNO2. The highest BCUT2D eigenvalue weighted by Crippen LogP contribution is 2.35. The predicted octanol–water partition coefficient (Wildman–Crippen LogP) is 3.89. The van der Waals surface area contributed by atoms with Gasteiger partial charge in [-0.2, -0.15) is 0 Å². The second kappa shape index (κ2) is 7.27. The van der Waals surface area contributed by atoms with Crippen LogP contribution in [0.5, 0.6) is 5.75 Å². The van der Waals surface area contributed by atoms with Crippen LogP contribution >= 0.6 is 27.5 Å². The van der Waals surface area contributed by atoms with Gasteiger partial charge in [-0.25, -0.2) is 0 Å². The maximum atomic E-state index is 10.7. The molecule has 2 aromatic rings. The summed E-state index contributed by atoms with van der Waals surface area (Å²) in [5.41, 5.74) is 7.55. The number of aliphatic hydroxyl groups excluding tert-OH is 1. The monoisotopic (exact) mass is 369 g/mol. The zero-order valence-electron chi connectivity index (χ0n) is 11.6. The van der Waals surface area contributed by atoms with Crippen molar-refractivity contribution in [1.29, 1.82) is 0 Å². The van der Waals surface area contributed by atoms with Crippen LogP contribution in [0.25, 0.3) is 0 Å². The molecule has 0 aromatic heterocycles. The van der Waals surface area contributed by atoms with Gasteiger partial charge >= 0.3 is 0 Å². The molecule has 0 bridgehead atoms. The molecule has 2 atom stereocenters. The Kier molecular flexibility index (Phi) is 5.65. The Balaban J connectivity index is 2.33. The van der Waals surface area contributed by atoms with Crippen LogP contribution in [0, 0.1) is 0 Å². The molecule has 0 aliphatic rings. The number of ether oxygens (including phenoxy) is 1. The van der Waals surface area contributed by atoms with Gasteiger partial charge in [-0.3, -0.25) is 0 Å². The molecule has 0 aliphatic carbocycles. The third kappa shape index (κ3) is 3.77. The van der Waals surface area contributed by atoms with Crippen molar-refractivity contribution in [3.05, 3.63) is 63.1 Å². The maximum absolute atomic E-state index is 10.7. The van der Waals surface area contributed by atoms with Crippen molar-refractivity contribution in [3.63, 3.8) is 0 Å². The van der Waals surface area contributed by atoms with Gasteiger partial charge in [0, 0.05) is 22.0 Å². The lowest BCUT2D eigenvalue weighted by molar-refractivity contribution is 0.146. The molecule has 0 saturated carbocycles. The molecule has 2 aromatic carbocycles.